The van der Waals surface area contributed by atoms with Crippen LogP contribution in [-0.2, 0) is 9.53 Å². The lowest BCUT2D eigenvalue weighted by Gasteiger charge is -2.11. The van der Waals surface area contributed by atoms with Crippen molar-refractivity contribution in [2.24, 2.45) is 0 Å². The average Bonchev–Trinajstić information content (AvgIpc) is 3.27. The van der Waals surface area contributed by atoms with Crippen LogP contribution >= 0.6 is 0 Å². The van der Waals surface area contributed by atoms with Crippen molar-refractivity contribution < 1.29 is 14.6 Å². The molecule has 1 N–H and O–H groups in total. The monoisotopic (exact) mass is 262 g/mol. The van der Waals surface area contributed by atoms with E-state index in [1.54, 1.807) is 0 Å². The Bertz CT molecular complexity index is 407. The van der Waals surface area contributed by atoms with Gasteiger partial charge in [0.15, 0.2) is 0 Å². The summed E-state index contributed by atoms with van der Waals surface area (Å²) in [6.07, 6.45) is 3.51. The Morgan fingerprint density at radius 1 is 1.37 bits per heavy atom. The van der Waals surface area contributed by atoms with E-state index in [2.05, 4.69) is 12.1 Å². The second-order valence-corrected chi connectivity index (χ2v) is 5.22. The molecule has 1 unspecified atom stereocenters. The standard InChI is InChI=1S/C16H22O3/c1-2-11-19-16(18)10-9-15(17)14-7-5-13(6-8-14)12-3-4-12/h5-8,12,15,17H,2-4,9-11H2,1H3. The lowest BCUT2D eigenvalue weighted by atomic mass is 10.0. The van der Waals surface area contributed by atoms with Gasteiger partial charge in [-0.15, -0.1) is 0 Å². The maximum absolute atomic E-state index is 11.4. The molecule has 1 aromatic carbocycles. The van der Waals surface area contributed by atoms with Gasteiger partial charge in [0.2, 0.25) is 0 Å². The fraction of sp³-hybridized carbons (Fsp3) is 0.562. The lowest BCUT2D eigenvalue weighted by Crippen LogP contribution is -2.08. The first-order valence-corrected chi connectivity index (χ1v) is 7.14. The third kappa shape index (κ3) is 4.35. The predicted octanol–water partition coefficient (Wildman–Crippen LogP) is 3.33. The van der Waals surface area contributed by atoms with E-state index in [1.807, 2.05) is 19.1 Å². The van der Waals surface area contributed by atoms with Gasteiger partial charge in [0.1, 0.15) is 0 Å². The van der Waals surface area contributed by atoms with Crippen molar-refractivity contribution in [3.63, 3.8) is 0 Å². The van der Waals surface area contributed by atoms with E-state index >= 15 is 0 Å². The summed E-state index contributed by atoms with van der Waals surface area (Å²) in [6.45, 7) is 2.43. The van der Waals surface area contributed by atoms with Crippen LogP contribution in [0.25, 0.3) is 0 Å². The number of ether oxygens (including phenoxy) is 1. The Morgan fingerprint density at radius 3 is 2.63 bits per heavy atom. The maximum atomic E-state index is 11.4. The topological polar surface area (TPSA) is 46.5 Å². The molecule has 0 amide bonds. The van der Waals surface area contributed by atoms with Crippen molar-refractivity contribution in [2.45, 2.75) is 51.0 Å². The highest BCUT2D eigenvalue weighted by molar-refractivity contribution is 5.69. The SMILES string of the molecule is CCCOC(=O)CCC(O)c1ccc(C2CC2)cc1. The Labute approximate surface area is 114 Å². The Kier molecular flexibility index (Phi) is 4.97. The minimum absolute atomic E-state index is 0.226. The number of hydrogen-bond acceptors (Lipinski definition) is 3. The van der Waals surface area contributed by atoms with E-state index in [1.165, 1.54) is 18.4 Å². The fourth-order valence-electron chi connectivity index (χ4n) is 2.12. The van der Waals surface area contributed by atoms with Crippen molar-refractivity contribution in [2.75, 3.05) is 6.61 Å². The fourth-order valence-corrected chi connectivity index (χ4v) is 2.12. The summed E-state index contributed by atoms with van der Waals surface area (Å²) in [5, 5.41) is 10.0. The van der Waals surface area contributed by atoms with Crippen molar-refractivity contribution in [3.8, 4) is 0 Å². The Balaban J connectivity index is 1.78. The number of hydrogen-bond donors (Lipinski definition) is 1. The zero-order chi connectivity index (χ0) is 13.7. The molecule has 0 aliphatic heterocycles. The van der Waals surface area contributed by atoms with Crippen LogP contribution in [0.4, 0.5) is 0 Å². The highest BCUT2D eigenvalue weighted by atomic mass is 16.5. The van der Waals surface area contributed by atoms with Gasteiger partial charge in [-0.1, -0.05) is 31.2 Å². The molecule has 3 nitrogen and oxygen atoms in total. The summed E-state index contributed by atoms with van der Waals surface area (Å²) < 4.78 is 4.99. The van der Waals surface area contributed by atoms with Gasteiger partial charge in [-0.25, -0.2) is 0 Å². The summed E-state index contributed by atoms with van der Waals surface area (Å²) in [5.41, 5.74) is 2.24. The van der Waals surface area contributed by atoms with Crippen molar-refractivity contribution in [3.05, 3.63) is 35.4 Å². The summed E-state index contributed by atoms with van der Waals surface area (Å²) >= 11 is 0. The molecule has 0 radical (unpaired) electrons. The molecule has 1 fully saturated rings. The summed E-state index contributed by atoms with van der Waals surface area (Å²) in [6, 6.07) is 8.11. The van der Waals surface area contributed by atoms with Crippen LogP contribution in [0.2, 0.25) is 0 Å². The van der Waals surface area contributed by atoms with E-state index in [9.17, 15) is 9.90 Å². The first-order chi connectivity index (χ1) is 9.20. The van der Waals surface area contributed by atoms with E-state index in [4.69, 9.17) is 4.74 Å². The van der Waals surface area contributed by atoms with Crippen LogP contribution in [0.3, 0.4) is 0 Å². The first-order valence-electron chi connectivity index (χ1n) is 7.14. The van der Waals surface area contributed by atoms with Gasteiger partial charge in [0, 0.05) is 6.42 Å². The first kappa shape index (κ1) is 14.1. The van der Waals surface area contributed by atoms with E-state index in [-0.39, 0.29) is 12.4 Å². The van der Waals surface area contributed by atoms with E-state index in [0.29, 0.717) is 13.0 Å². The Morgan fingerprint density at radius 2 is 2.05 bits per heavy atom. The molecule has 2 rings (SSSR count). The summed E-state index contributed by atoms with van der Waals surface area (Å²) in [5.74, 6) is 0.505. The number of aliphatic hydroxyl groups excluding tert-OH is 1. The van der Waals surface area contributed by atoms with E-state index < -0.39 is 6.10 Å². The van der Waals surface area contributed by atoms with Crippen LogP contribution in [0, 0.1) is 0 Å². The molecule has 1 saturated carbocycles. The van der Waals surface area contributed by atoms with Crippen LogP contribution in [-0.4, -0.2) is 17.7 Å². The zero-order valence-corrected chi connectivity index (χ0v) is 11.5. The van der Waals surface area contributed by atoms with Crippen LogP contribution in [0.15, 0.2) is 24.3 Å². The van der Waals surface area contributed by atoms with Gasteiger partial charge in [0.05, 0.1) is 12.7 Å². The molecule has 1 aliphatic rings. The molecule has 0 heterocycles. The van der Waals surface area contributed by atoms with Gasteiger partial charge < -0.3 is 9.84 Å². The van der Waals surface area contributed by atoms with Crippen molar-refractivity contribution in [1.82, 2.24) is 0 Å². The summed E-state index contributed by atoms with van der Waals surface area (Å²) in [7, 11) is 0. The van der Waals surface area contributed by atoms with Gasteiger partial charge in [-0.05, 0) is 42.7 Å². The van der Waals surface area contributed by atoms with Gasteiger partial charge in [-0.2, -0.15) is 0 Å². The summed E-state index contributed by atoms with van der Waals surface area (Å²) in [4.78, 5) is 11.4. The second-order valence-electron chi connectivity index (χ2n) is 5.22. The quantitative estimate of drug-likeness (QED) is 0.767. The largest absolute Gasteiger partial charge is 0.466 e. The van der Waals surface area contributed by atoms with Crippen LogP contribution in [0.1, 0.15) is 62.2 Å². The third-order valence-electron chi connectivity index (χ3n) is 3.46. The normalized spacial score (nSPS) is 16.1. The zero-order valence-electron chi connectivity index (χ0n) is 11.5. The third-order valence-corrected chi connectivity index (χ3v) is 3.46. The molecule has 0 aromatic heterocycles. The number of esters is 1. The van der Waals surface area contributed by atoms with Gasteiger partial charge >= 0.3 is 5.97 Å². The molecule has 1 atom stereocenters. The van der Waals surface area contributed by atoms with Gasteiger partial charge in [0.25, 0.3) is 0 Å². The molecule has 0 spiro atoms. The predicted molar refractivity (Wildman–Crippen MR) is 73.9 cm³/mol. The van der Waals surface area contributed by atoms with Crippen molar-refractivity contribution >= 4 is 5.97 Å². The highest BCUT2D eigenvalue weighted by Gasteiger charge is 2.23. The average molecular weight is 262 g/mol. The number of benzene rings is 1. The Hall–Kier alpha value is -1.35. The smallest absolute Gasteiger partial charge is 0.305 e. The lowest BCUT2D eigenvalue weighted by molar-refractivity contribution is -0.144. The molecular weight excluding hydrogens is 240 g/mol. The molecule has 3 heteroatoms. The second kappa shape index (κ2) is 6.71. The molecular formula is C16H22O3. The molecule has 0 saturated heterocycles. The molecule has 19 heavy (non-hydrogen) atoms. The number of carbonyl (C=O) groups is 1. The van der Waals surface area contributed by atoms with Crippen LogP contribution in [0.5, 0.6) is 0 Å². The highest BCUT2D eigenvalue weighted by Crippen LogP contribution is 2.40. The number of rotatable bonds is 7. The maximum Gasteiger partial charge on any atom is 0.305 e. The molecule has 1 aliphatic carbocycles. The van der Waals surface area contributed by atoms with E-state index in [0.717, 1.165) is 17.9 Å². The molecule has 1 aromatic rings. The number of carbonyl (C=O) groups excluding carboxylic acids is 1. The number of aliphatic hydroxyl groups is 1. The molecule has 0 bridgehead atoms. The van der Waals surface area contributed by atoms with Crippen molar-refractivity contribution in [1.29, 1.82) is 0 Å². The molecule has 104 valence electrons. The van der Waals surface area contributed by atoms with Crippen LogP contribution < -0.4 is 0 Å². The minimum Gasteiger partial charge on any atom is -0.466 e. The minimum atomic E-state index is -0.581. The van der Waals surface area contributed by atoms with Gasteiger partial charge in [-0.3, -0.25) is 4.79 Å².